The van der Waals surface area contributed by atoms with Crippen LogP contribution in [0.4, 0.5) is 4.39 Å². The first-order chi connectivity index (χ1) is 8.13. The highest BCUT2D eigenvalue weighted by Gasteiger charge is 2.19. The summed E-state index contributed by atoms with van der Waals surface area (Å²) in [6, 6.07) is 4.65. The van der Waals surface area contributed by atoms with E-state index in [2.05, 4.69) is 26.2 Å². The van der Waals surface area contributed by atoms with Gasteiger partial charge >= 0.3 is 0 Å². The minimum Gasteiger partial charge on any atom is -0.336 e. The third-order valence-corrected chi connectivity index (χ3v) is 3.17. The van der Waals surface area contributed by atoms with Gasteiger partial charge in [-0.3, -0.25) is 0 Å². The average molecular weight is 298 g/mol. The summed E-state index contributed by atoms with van der Waals surface area (Å²) in [5, 5.41) is 3.09. The minimum absolute atomic E-state index is 0.240. The molecule has 1 N–H and O–H groups in total. The maximum Gasteiger partial charge on any atom is 0.130 e. The Balaban J connectivity index is 2.49. The van der Waals surface area contributed by atoms with Crippen LogP contribution >= 0.6 is 15.9 Å². The Kier molecular flexibility index (Phi) is 3.59. The molecular weight excluding hydrogens is 285 g/mol. The van der Waals surface area contributed by atoms with E-state index in [4.69, 9.17) is 0 Å². The summed E-state index contributed by atoms with van der Waals surface area (Å²) in [5.74, 6) is 0.542. The van der Waals surface area contributed by atoms with Crippen LogP contribution in [0, 0.1) is 5.82 Å². The Hall–Kier alpha value is -1.20. The molecule has 2 aromatic rings. The smallest absolute Gasteiger partial charge is 0.130 e. The molecule has 0 radical (unpaired) electrons. The fourth-order valence-electron chi connectivity index (χ4n) is 1.81. The molecule has 0 bridgehead atoms. The molecule has 0 aliphatic rings. The zero-order chi connectivity index (χ0) is 12.4. The molecule has 0 fully saturated rings. The lowest BCUT2D eigenvalue weighted by molar-refractivity contribution is 0.552. The molecule has 17 heavy (non-hydrogen) atoms. The number of benzene rings is 1. The Morgan fingerprint density at radius 1 is 1.47 bits per heavy atom. The van der Waals surface area contributed by atoms with E-state index in [1.165, 1.54) is 6.07 Å². The van der Waals surface area contributed by atoms with Gasteiger partial charge < -0.3 is 9.88 Å². The summed E-state index contributed by atoms with van der Waals surface area (Å²) in [6.45, 7) is 0. The predicted octanol–water partition coefficient (Wildman–Crippen LogP) is 2.63. The van der Waals surface area contributed by atoms with Crippen molar-refractivity contribution in [3.05, 3.63) is 52.3 Å². The maximum absolute atomic E-state index is 13.8. The molecule has 0 saturated carbocycles. The number of nitrogens with one attached hydrogen (secondary N) is 1. The molecule has 0 amide bonds. The van der Waals surface area contributed by atoms with Crippen LogP contribution in [0.3, 0.4) is 0 Å². The van der Waals surface area contributed by atoms with E-state index in [9.17, 15) is 4.39 Å². The van der Waals surface area contributed by atoms with Crippen molar-refractivity contribution in [1.29, 1.82) is 0 Å². The summed E-state index contributed by atoms with van der Waals surface area (Å²) in [5.41, 5.74) is 0.580. The molecule has 1 unspecified atom stereocenters. The van der Waals surface area contributed by atoms with Crippen molar-refractivity contribution >= 4 is 15.9 Å². The SMILES string of the molecule is CNC(c1cc(Br)ccc1F)c1nccn1C. The monoisotopic (exact) mass is 297 g/mol. The Morgan fingerprint density at radius 3 is 2.82 bits per heavy atom. The van der Waals surface area contributed by atoms with Crippen molar-refractivity contribution in [2.24, 2.45) is 7.05 Å². The van der Waals surface area contributed by atoms with Crippen molar-refractivity contribution in [2.45, 2.75) is 6.04 Å². The third-order valence-electron chi connectivity index (χ3n) is 2.67. The lowest BCUT2D eigenvalue weighted by atomic mass is 10.1. The molecular formula is C12H13BrFN3. The molecule has 90 valence electrons. The summed E-state index contributed by atoms with van der Waals surface area (Å²) in [6.07, 6.45) is 3.55. The summed E-state index contributed by atoms with van der Waals surface area (Å²) in [7, 11) is 3.68. The standard InChI is InChI=1S/C12H13BrFN3/c1-15-11(12-16-5-6-17(12)2)9-7-8(13)3-4-10(9)14/h3-7,11,15H,1-2H3. The number of hydrogen-bond donors (Lipinski definition) is 1. The van der Waals surface area contributed by atoms with Crippen molar-refractivity contribution in [3.63, 3.8) is 0 Å². The topological polar surface area (TPSA) is 29.9 Å². The number of imidazole rings is 1. The van der Waals surface area contributed by atoms with Crippen LogP contribution in [0.25, 0.3) is 0 Å². The number of aryl methyl sites for hydroxylation is 1. The molecule has 0 saturated heterocycles. The molecule has 1 aromatic heterocycles. The predicted molar refractivity (Wildman–Crippen MR) is 68.2 cm³/mol. The van der Waals surface area contributed by atoms with Crippen LogP contribution in [0.5, 0.6) is 0 Å². The lowest BCUT2D eigenvalue weighted by Gasteiger charge is -2.17. The van der Waals surface area contributed by atoms with Crippen LogP contribution in [0.2, 0.25) is 0 Å². The minimum atomic E-state index is -0.257. The zero-order valence-electron chi connectivity index (χ0n) is 9.61. The molecule has 0 aliphatic carbocycles. The molecule has 2 rings (SSSR count). The van der Waals surface area contributed by atoms with Gasteiger partial charge in [0.05, 0.1) is 6.04 Å². The van der Waals surface area contributed by atoms with Crippen molar-refractivity contribution in [3.8, 4) is 0 Å². The van der Waals surface area contributed by atoms with Gasteiger partial charge in [0, 0.05) is 29.5 Å². The first kappa shape index (κ1) is 12.3. The normalized spacial score (nSPS) is 12.7. The fraction of sp³-hybridized carbons (Fsp3) is 0.250. The molecule has 1 aromatic carbocycles. The van der Waals surface area contributed by atoms with Crippen molar-refractivity contribution < 1.29 is 4.39 Å². The number of nitrogens with zero attached hydrogens (tertiary/aromatic N) is 2. The largest absolute Gasteiger partial charge is 0.336 e. The molecule has 1 atom stereocenters. The van der Waals surface area contributed by atoms with Gasteiger partial charge in [-0.25, -0.2) is 9.37 Å². The van der Waals surface area contributed by atoms with E-state index >= 15 is 0 Å². The number of halogens is 2. The van der Waals surface area contributed by atoms with Crippen LogP contribution in [-0.4, -0.2) is 16.6 Å². The van der Waals surface area contributed by atoms with E-state index in [1.807, 2.05) is 17.8 Å². The Bertz CT molecular complexity index is 524. The van der Waals surface area contributed by atoms with Gasteiger partial charge in [-0.05, 0) is 25.2 Å². The summed E-state index contributed by atoms with van der Waals surface area (Å²) >= 11 is 3.35. The van der Waals surface area contributed by atoms with Gasteiger partial charge in [0.25, 0.3) is 0 Å². The van der Waals surface area contributed by atoms with Crippen LogP contribution < -0.4 is 5.32 Å². The van der Waals surface area contributed by atoms with E-state index in [0.29, 0.717) is 5.56 Å². The van der Waals surface area contributed by atoms with Gasteiger partial charge in [-0.1, -0.05) is 15.9 Å². The Morgan fingerprint density at radius 2 is 2.24 bits per heavy atom. The first-order valence-electron chi connectivity index (χ1n) is 5.23. The van der Waals surface area contributed by atoms with Crippen LogP contribution in [-0.2, 0) is 7.05 Å². The molecule has 5 heteroatoms. The number of rotatable bonds is 3. The lowest BCUT2D eigenvalue weighted by Crippen LogP contribution is -2.22. The number of aromatic nitrogens is 2. The second-order valence-corrected chi connectivity index (χ2v) is 4.70. The summed E-state index contributed by atoms with van der Waals surface area (Å²) in [4.78, 5) is 4.25. The average Bonchev–Trinajstić information content (AvgIpc) is 2.71. The zero-order valence-corrected chi connectivity index (χ0v) is 11.2. The highest BCUT2D eigenvalue weighted by Crippen LogP contribution is 2.25. The van der Waals surface area contributed by atoms with Gasteiger partial charge in [0.15, 0.2) is 0 Å². The fourth-order valence-corrected chi connectivity index (χ4v) is 2.19. The van der Waals surface area contributed by atoms with E-state index < -0.39 is 0 Å². The molecule has 1 heterocycles. The van der Waals surface area contributed by atoms with Crippen molar-refractivity contribution in [1.82, 2.24) is 14.9 Å². The highest BCUT2D eigenvalue weighted by atomic mass is 79.9. The number of hydrogen-bond acceptors (Lipinski definition) is 2. The van der Waals surface area contributed by atoms with Crippen molar-refractivity contribution in [2.75, 3.05) is 7.05 Å². The molecule has 3 nitrogen and oxygen atoms in total. The van der Waals surface area contributed by atoms with E-state index in [-0.39, 0.29) is 11.9 Å². The van der Waals surface area contributed by atoms with E-state index in [1.54, 1.807) is 25.4 Å². The van der Waals surface area contributed by atoms with Gasteiger partial charge in [0.2, 0.25) is 0 Å². The molecule has 0 spiro atoms. The van der Waals surface area contributed by atoms with Gasteiger partial charge in [-0.15, -0.1) is 0 Å². The van der Waals surface area contributed by atoms with Crippen LogP contribution in [0.15, 0.2) is 35.1 Å². The van der Waals surface area contributed by atoms with E-state index in [0.717, 1.165) is 10.3 Å². The van der Waals surface area contributed by atoms with Gasteiger partial charge in [-0.2, -0.15) is 0 Å². The second kappa shape index (κ2) is 4.98. The second-order valence-electron chi connectivity index (χ2n) is 3.78. The summed E-state index contributed by atoms with van der Waals surface area (Å²) < 4.78 is 16.6. The quantitative estimate of drug-likeness (QED) is 0.944. The van der Waals surface area contributed by atoms with Gasteiger partial charge in [0.1, 0.15) is 11.6 Å². The maximum atomic E-state index is 13.8. The first-order valence-corrected chi connectivity index (χ1v) is 6.02. The third kappa shape index (κ3) is 2.40. The molecule has 0 aliphatic heterocycles. The Labute approximate surface area is 108 Å². The van der Waals surface area contributed by atoms with Crippen LogP contribution in [0.1, 0.15) is 17.4 Å². The highest BCUT2D eigenvalue weighted by molar-refractivity contribution is 9.10.